The number of piperazine rings is 1. The molecule has 2 aliphatic rings. The van der Waals surface area contributed by atoms with E-state index in [9.17, 15) is 4.79 Å². The van der Waals surface area contributed by atoms with Gasteiger partial charge in [-0.1, -0.05) is 0 Å². The van der Waals surface area contributed by atoms with E-state index in [0.717, 1.165) is 50.7 Å². The molecule has 2 aromatic rings. The first-order valence-corrected chi connectivity index (χ1v) is 9.17. The molecular weight excluding hydrogens is 316 g/mol. The quantitative estimate of drug-likeness (QED) is 0.838. The van der Waals surface area contributed by atoms with Crippen LogP contribution < -0.4 is 15.4 Å². The van der Waals surface area contributed by atoms with Gasteiger partial charge in [-0.05, 0) is 38.7 Å². The summed E-state index contributed by atoms with van der Waals surface area (Å²) in [5.74, 6) is 2.00. The first-order chi connectivity index (χ1) is 12.3. The van der Waals surface area contributed by atoms with E-state index in [1.54, 1.807) is 12.4 Å². The second-order valence-electron chi connectivity index (χ2n) is 6.65. The third-order valence-corrected chi connectivity index (χ3v) is 5.16. The Morgan fingerprint density at radius 1 is 1.00 bits per heavy atom. The minimum Gasteiger partial charge on any atom is -0.353 e. The molecule has 1 aliphatic heterocycles. The number of hydrogen-bond donors (Lipinski definition) is 0. The van der Waals surface area contributed by atoms with Crippen LogP contribution in [0.2, 0.25) is 0 Å². The van der Waals surface area contributed by atoms with E-state index in [2.05, 4.69) is 24.9 Å². The number of anilines is 2. The summed E-state index contributed by atoms with van der Waals surface area (Å²) >= 11 is 0. The monoisotopic (exact) mass is 340 g/mol. The molecule has 1 aliphatic carbocycles. The van der Waals surface area contributed by atoms with E-state index in [1.807, 2.05) is 13.0 Å². The van der Waals surface area contributed by atoms with Crippen LogP contribution in [-0.2, 0) is 19.4 Å². The van der Waals surface area contributed by atoms with Crippen molar-refractivity contribution in [3.05, 3.63) is 40.1 Å². The van der Waals surface area contributed by atoms with Crippen molar-refractivity contribution in [3.63, 3.8) is 0 Å². The number of fused-ring (bicyclic) bond motifs is 1. The highest BCUT2D eigenvalue weighted by atomic mass is 16.1. The molecule has 0 unspecified atom stereocenters. The molecule has 1 saturated heterocycles. The Balaban J connectivity index is 1.50. The molecule has 7 nitrogen and oxygen atoms in total. The fourth-order valence-corrected chi connectivity index (χ4v) is 3.76. The molecule has 2 aromatic heterocycles. The Labute approximate surface area is 147 Å². The molecule has 4 rings (SSSR count). The number of aromatic nitrogens is 4. The molecular formula is C18H24N6O. The van der Waals surface area contributed by atoms with Gasteiger partial charge in [-0.15, -0.1) is 0 Å². The topological polar surface area (TPSA) is 67.2 Å². The lowest BCUT2D eigenvalue weighted by Crippen LogP contribution is -2.48. The van der Waals surface area contributed by atoms with Crippen LogP contribution in [0, 0.1) is 0 Å². The third-order valence-electron chi connectivity index (χ3n) is 5.16. The predicted octanol–water partition coefficient (Wildman–Crippen LogP) is 1.26. The summed E-state index contributed by atoms with van der Waals surface area (Å²) in [7, 11) is 0. The van der Waals surface area contributed by atoms with Gasteiger partial charge < -0.3 is 9.80 Å². The van der Waals surface area contributed by atoms with E-state index in [0.29, 0.717) is 6.54 Å². The molecule has 1 fully saturated rings. The third kappa shape index (κ3) is 3.10. The van der Waals surface area contributed by atoms with Crippen LogP contribution >= 0.6 is 0 Å². The molecule has 25 heavy (non-hydrogen) atoms. The molecule has 0 N–H and O–H groups in total. The highest BCUT2D eigenvalue weighted by Crippen LogP contribution is 2.28. The summed E-state index contributed by atoms with van der Waals surface area (Å²) in [6.07, 6.45) is 6.35. The first kappa shape index (κ1) is 16.1. The van der Waals surface area contributed by atoms with E-state index >= 15 is 0 Å². The van der Waals surface area contributed by atoms with Crippen LogP contribution in [0.5, 0.6) is 0 Å². The first-order valence-electron chi connectivity index (χ1n) is 9.17. The van der Waals surface area contributed by atoms with Crippen molar-refractivity contribution in [2.45, 2.75) is 39.2 Å². The maximum absolute atomic E-state index is 11.7. The number of nitrogens with zero attached hydrogens (tertiary/aromatic N) is 6. The van der Waals surface area contributed by atoms with Gasteiger partial charge in [0.2, 0.25) is 0 Å². The Morgan fingerprint density at radius 3 is 2.56 bits per heavy atom. The molecule has 0 radical (unpaired) electrons. The van der Waals surface area contributed by atoms with Gasteiger partial charge in [-0.3, -0.25) is 4.79 Å². The highest BCUT2D eigenvalue weighted by Gasteiger charge is 2.24. The van der Waals surface area contributed by atoms with Crippen molar-refractivity contribution in [2.24, 2.45) is 0 Å². The van der Waals surface area contributed by atoms with E-state index < -0.39 is 0 Å². The summed E-state index contributed by atoms with van der Waals surface area (Å²) in [4.78, 5) is 25.4. The molecule has 3 heterocycles. The lowest BCUT2D eigenvalue weighted by molar-refractivity contribution is 0.584. The lowest BCUT2D eigenvalue weighted by atomic mass is 9.96. The van der Waals surface area contributed by atoms with Crippen molar-refractivity contribution in [3.8, 4) is 0 Å². The summed E-state index contributed by atoms with van der Waals surface area (Å²) in [6, 6.07) is 3.44. The minimum absolute atomic E-state index is 0.0440. The SMILES string of the molecule is CCn1nc(N2CCN(c3ncnc4c3CCCC4)CC2)ccc1=O. The van der Waals surface area contributed by atoms with Crippen molar-refractivity contribution in [1.82, 2.24) is 19.7 Å². The second kappa shape index (κ2) is 6.82. The smallest absolute Gasteiger partial charge is 0.266 e. The summed E-state index contributed by atoms with van der Waals surface area (Å²) < 4.78 is 1.52. The van der Waals surface area contributed by atoms with E-state index in [-0.39, 0.29) is 5.56 Å². The minimum atomic E-state index is -0.0440. The summed E-state index contributed by atoms with van der Waals surface area (Å²) in [5, 5.41) is 4.47. The molecule has 0 atom stereocenters. The Morgan fingerprint density at radius 2 is 1.76 bits per heavy atom. The van der Waals surface area contributed by atoms with Crippen molar-refractivity contribution in [2.75, 3.05) is 36.0 Å². The fourth-order valence-electron chi connectivity index (χ4n) is 3.76. The Kier molecular flexibility index (Phi) is 4.38. The van der Waals surface area contributed by atoms with Gasteiger partial charge in [0.05, 0.1) is 0 Å². The molecule has 0 saturated carbocycles. The van der Waals surface area contributed by atoms with Gasteiger partial charge in [0, 0.05) is 50.0 Å². The number of hydrogen-bond acceptors (Lipinski definition) is 6. The zero-order valence-electron chi connectivity index (χ0n) is 14.7. The molecule has 0 spiro atoms. The molecule has 0 bridgehead atoms. The average molecular weight is 340 g/mol. The number of aryl methyl sites for hydroxylation is 2. The van der Waals surface area contributed by atoms with Crippen LogP contribution in [0.25, 0.3) is 0 Å². The van der Waals surface area contributed by atoms with Gasteiger partial charge in [0.15, 0.2) is 0 Å². The number of rotatable bonds is 3. The second-order valence-corrected chi connectivity index (χ2v) is 6.65. The normalized spacial score (nSPS) is 17.5. The Bertz CT molecular complexity index is 809. The standard InChI is InChI=1S/C18H24N6O/c1-2-24-17(25)8-7-16(21-24)22-9-11-23(12-10-22)18-14-5-3-4-6-15(14)19-13-20-18/h7-8,13H,2-6,9-12H2,1H3. The van der Waals surface area contributed by atoms with Gasteiger partial charge in [0.25, 0.3) is 5.56 Å². The maximum Gasteiger partial charge on any atom is 0.266 e. The summed E-state index contributed by atoms with van der Waals surface area (Å²) in [5.41, 5.74) is 2.53. The van der Waals surface area contributed by atoms with E-state index in [4.69, 9.17) is 0 Å². The van der Waals surface area contributed by atoms with E-state index in [1.165, 1.54) is 28.8 Å². The average Bonchev–Trinajstić information content (AvgIpc) is 2.68. The molecule has 132 valence electrons. The van der Waals surface area contributed by atoms with Crippen molar-refractivity contribution >= 4 is 11.6 Å². The Hall–Kier alpha value is -2.44. The van der Waals surface area contributed by atoms with Crippen molar-refractivity contribution < 1.29 is 0 Å². The van der Waals surface area contributed by atoms with Crippen LogP contribution in [0.15, 0.2) is 23.3 Å². The molecule has 0 amide bonds. The zero-order chi connectivity index (χ0) is 17.2. The van der Waals surface area contributed by atoms with Crippen LogP contribution in [0.3, 0.4) is 0 Å². The van der Waals surface area contributed by atoms with Crippen LogP contribution in [0.4, 0.5) is 11.6 Å². The lowest BCUT2D eigenvalue weighted by Gasteiger charge is -2.37. The molecule has 0 aromatic carbocycles. The fraction of sp³-hybridized carbons (Fsp3) is 0.556. The van der Waals surface area contributed by atoms with Gasteiger partial charge in [0.1, 0.15) is 18.0 Å². The highest BCUT2D eigenvalue weighted by molar-refractivity contribution is 5.51. The zero-order valence-corrected chi connectivity index (χ0v) is 14.7. The van der Waals surface area contributed by atoms with Gasteiger partial charge >= 0.3 is 0 Å². The van der Waals surface area contributed by atoms with Crippen LogP contribution in [-0.4, -0.2) is 45.9 Å². The largest absolute Gasteiger partial charge is 0.353 e. The maximum atomic E-state index is 11.7. The van der Waals surface area contributed by atoms with Crippen molar-refractivity contribution in [1.29, 1.82) is 0 Å². The predicted molar refractivity (Wildman–Crippen MR) is 97.3 cm³/mol. The van der Waals surface area contributed by atoms with Gasteiger partial charge in [-0.2, -0.15) is 5.10 Å². The molecule has 7 heteroatoms. The van der Waals surface area contributed by atoms with Gasteiger partial charge in [-0.25, -0.2) is 14.6 Å². The summed E-state index contributed by atoms with van der Waals surface area (Å²) in [6.45, 7) is 6.13. The van der Waals surface area contributed by atoms with Crippen LogP contribution in [0.1, 0.15) is 31.0 Å².